The summed E-state index contributed by atoms with van der Waals surface area (Å²) in [7, 11) is 0. The monoisotopic (exact) mass is 246 g/mol. The average Bonchev–Trinajstić information content (AvgIpc) is 2.99. The van der Waals surface area contributed by atoms with Gasteiger partial charge in [-0.15, -0.1) is 11.3 Å². The number of thiazole rings is 1. The van der Waals surface area contributed by atoms with Crippen molar-refractivity contribution >= 4 is 17.0 Å². The van der Waals surface area contributed by atoms with Crippen LogP contribution in [0.4, 0.5) is 5.69 Å². The molecular formula is C13H14N2OS. The van der Waals surface area contributed by atoms with E-state index in [0.29, 0.717) is 6.04 Å². The maximum Gasteiger partial charge on any atom is 0.122 e. The Morgan fingerprint density at radius 1 is 1.47 bits per heavy atom. The first-order chi connectivity index (χ1) is 8.33. The highest BCUT2D eigenvalue weighted by Crippen LogP contribution is 2.29. The molecule has 88 valence electrons. The van der Waals surface area contributed by atoms with E-state index in [2.05, 4.69) is 29.4 Å². The van der Waals surface area contributed by atoms with Gasteiger partial charge < -0.3 is 10.1 Å². The van der Waals surface area contributed by atoms with Crippen molar-refractivity contribution < 1.29 is 4.74 Å². The van der Waals surface area contributed by atoms with Crippen molar-refractivity contribution in [3.63, 3.8) is 0 Å². The molecule has 1 unspecified atom stereocenters. The van der Waals surface area contributed by atoms with Crippen LogP contribution in [0.5, 0.6) is 5.75 Å². The van der Waals surface area contributed by atoms with Crippen molar-refractivity contribution in [3.05, 3.63) is 40.3 Å². The molecule has 0 aliphatic carbocycles. The molecule has 1 aromatic carbocycles. The van der Waals surface area contributed by atoms with E-state index >= 15 is 0 Å². The van der Waals surface area contributed by atoms with Gasteiger partial charge in [0.25, 0.3) is 0 Å². The summed E-state index contributed by atoms with van der Waals surface area (Å²) in [5, 5.41) is 3.49. The molecule has 1 aliphatic rings. The lowest BCUT2D eigenvalue weighted by Gasteiger charge is -2.13. The molecule has 3 rings (SSSR count). The second-order valence-electron chi connectivity index (χ2n) is 4.19. The maximum absolute atomic E-state index is 5.49. The Morgan fingerprint density at radius 3 is 3.24 bits per heavy atom. The van der Waals surface area contributed by atoms with E-state index in [1.54, 1.807) is 11.3 Å². The second kappa shape index (κ2) is 4.37. The summed E-state index contributed by atoms with van der Waals surface area (Å²) in [6.07, 6.45) is 2.93. The van der Waals surface area contributed by atoms with Crippen LogP contribution in [-0.2, 0) is 6.42 Å². The van der Waals surface area contributed by atoms with Crippen LogP contribution in [0, 0.1) is 0 Å². The molecule has 0 saturated heterocycles. The van der Waals surface area contributed by atoms with Crippen molar-refractivity contribution in [2.45, 2.75) is 19.4 Å². The topological polar surface area (TPSA) is 34.1 Å². The molecule has 0 bridgehead atoms. The number of nitrogens with zero attached hydrogens (tertiary/aromatic N) is 1. The van der Waals surface area contributed by atoms with Gasteiger partial charge in [-0.2, -0.15) is 0 Å². The number of ether oxygens (including phenoxy) is 1. The Bertz CT molecular complexity index is 510. The first-order valence-corrected chi connectivity index (χ1v) is 6.61. The van der Waals surface area contributed by atoms with E-state index in [-0.39, 0.29) is 0 Å². The van der Waals surface area contributed by atoms with Crippen molar-refractivity contribution in [1.82, 2.24) is 4.98 Å². The Balaban J connectivity index is 1.77. The highest BCUT2D eigenvalue weighted by Gasteiger charge is 2.13. The first kappa shape index (κ1) is 10.6. The number of anilines is 1. The molecule has 1 aliphatic heterocycles. The molecule has 3 nitrogen and oxygen atoms in total. The molecule has 2 aromatic rings. The van der Waals surface area contributed by atoms with Crippen LogP contribution in [0.3, 0.4) is 0 Å². The van der Waals surface area contributed by atoms with Gasteiger partial charge in [0, 0.05) is 23.2 Å². The summed E-state index contributed by atoms with van der Waals surface area (Å²) in [4.78, 5) is 5.35. The molecule has 0 saturated carbocycles. The highest BCUT2D eigenvalue weighted by molar-refractivity contribution is 7.09. The lowest BCUT2D eigenvalue weighted by atomic mass is 10.1. The van der Waals surface area contributed by atoms with Crippen LogP contribution in [0.2, 0.25) is 0 Å². The molecule has 1 aromatic heterocycles. The number of hydrogen-bond donors (Lipinski definition) is 1. The smallest absolute Gasteiger partial charge is 0.122 e. The van der Waals surface area contributed by atoms with E-state index in [0.717, 1.165) is 24.5 Å². The standard InChI is InChI=1S/C13H14N2OS/c1-9(13-7-14-8-17-13)15-11-2-3-12-10(6-11)4-5-16-12/h2-3,6-9,15H,4-5H2,1H3. The third kappa shape index (κ3) is 2.13. The van der Waals surface area contributed by atoms with Crippen molar-refractivity contribution in [1.29, 1.82) is 0 Å². The molecular weight excluding hydrogens is 232 g/mol. The Morgan fingerprint density at radius 2 is 2.41 bits per heavy atom. The van der Waals surface area contributed by atoms with E-state index in [4.69, 9.17) is 4.74 Å². The number of rotatable bonds is 3. The Labute approximate surface area is 104 Å². The predicted octanol–water partition coefficient (Wildman–Crippen LogP) is 3.25. The minimum atomic E-state index is 0.294. The summed E-state index contributed by atoms with van der Waals surface area (Å²) >= 11 is 1.68. The third-order valence-electron chi connectivity index (χ3n) is 2.95. The van der Waals surface area contributed by atoms with Crippen LogP contribution in [0.15, 0.2) is 29.9 Å². The van der Waals surface area contributed by atoms with E-state index in [9.17, 15) is 0 Å². The predicted molar refractivity (Wildman–Crippen MR) is 69.8 cm³/mol. The lowest BCUT2D eigenvalue weighted by molar-refractivity contribution is 0.357. The van der Waals surface area contributed by atoms with Gasteiger partial charge in [0.15, 0.2) is 0 Å². The van der Waals surface area contributed by atoms with Gasteiger partial charge in [0.05, 0.1) is 18.2 Å². The zero-order valence-electron chi connectivity index (χ0n) is 9.64. The fourth-order valence-corrected chi connectivity index (χ4v) is 2.67. The SMILES string of the molecule is CC(Nc1ccc2c(c1)CCO2)c1cncs1. The fourth-order valence-electron chi connectivity index (χ4n) is 2.04. The molecule has 4 heteroatoms. The number of hydrogen-bond acceptors (Lipinski definition) is 4. The van der Waals surface area contributed by atoms with Crippen molar-refractivity contribution in [2.24, 2.45) is 0 Å². The molecule has 0 radical (unpaired) electrons. The van der Waals surface area contributed by atoms with Crippen LogP contribution >= 0.6 is 11.3 Å². The van der Waals surface area contributed by atoms with Gasteiger partial charge in [-0.25, -0.2) is 0 Å². The van der Waals surface area contributed by atoms with E-state index < -0.39 is 0 Å². The lowest BCUT2D eigenvalue weighted by Crippen LogP contribution is -2.04. The quantitative estimate of drug-likeness (QED) is 0.902. The van der Waals surface area contributed by atoms with E-state index in [1.807, 2.05) is 17.8 Å². The zero-order chi connectivity index (χ0) is 11.7. The van der Waals surface area contributed by atoms with Crippen molar-refractivity contribution in [3.8, 4) is 5.75 Å². The minimum Gasteiger partial charge on any atom is -0.493 e. The van der Waals surface area contributed by atoms with Gasteiger partial charge in [0.1, 0.15) is 5.75 Å². The van der Waals surface area contributed by atoms with Gasteiger partial charge in [-0.3, -0.25) is 4.98 Å². The molecule has 2 heterocycles. The normalized spacial score (nSPS) is 15.1. The fraction of sp³-hybridized carbons (Fsp3) is 0.308. The van der Waals surface area contributed by atoms with Crippen LogP contribution < -0.4 is 10.1 Å². The molecule has 17 heavy (non-hydrogen) atoms. The number of aromatic nitrogens is 1. The second-order valence-corrected chi connectivity index (χ2v) is 5.11. The van der Waals surface area contributed by atoms with Crippen LogP contribution in [0.1, 0.15) is 23.4 Å². The largest absolute Gasteiger partial charge is 0.493 e. The average molecular weight is 246 g/mol. The number of benzene rings is 1. The Kier molecular flexibility index (Phi) is 2.73. The third-order valence-corrected chi connectivity index (χ3v) is 3.91. The van der Waals surface area contributed by atoms with Gasteiger partial charge in [-0.05, 0) is 30.7 Å². The summed E-state index contributed by atoms with van der Waals surface area (Å²) in [6, 6.07) is 6.59. The highest BCUT2D eigenvalue weighted by atomic mass is 32.1. The molecule has 1 atom stereocenters. The Hall–Kier alpha value is -1.55. The molecule has 0 amide bonds. The minimum absolute atomic E-state index is 0.294. The van der Waals surface area contributed by atoms with Gasteiger partial charge >= 0.3 is 0 Å². The molecule has 0 fully saturated rings. The molecule has 0 spiro atoms. The number of nitrogens with one attached hydrogen (secondary N) is 1. The summed E-state index contributed by atoms with van der Waals surface area (Å²) < 4.78 is 5.49. The summed E-state index contributed by atoms with van der Waals surface area (Å²) in [5.41, 5.74) is 4.31. The van der Waals surface area contributed by atoms with Crippen LogP contribution in [-0.4, -0.2) is 11.6 Å². The number of fused-ring (bicyclic) bond motifs is 1. The van der Waals surface area contributed by atoms with Gasteiger partial charge in [-0.1, -0.05) is 0 Å². The maximum atomic E-state index is 5.49. The van der Waals surface area contributed by atoms with E-state index in [1.165, 1.54) is 10.4 Å². The molecule has 1 N–H and O–H groups in total. The summed E-state index contributed by atoms with van der Waals surface area (Å²) in [5.74, 6) is 1.03. The van der Waals surface area contributed by atoms with Gasteiger partial charge in [0.2, 0.25) is 0 Å². The van der Waals surface area contributed by atoms with Crippen LogP contribution in [0.25, 0.3) is 0 Å². The summed E-state index contributed by atoms with van der Waals surface area (Å²) in [6.45, 7) is 2.96. The zero-order valence-corrected chi connectivity index (χ0v) is 10.5. The first-order valence-electron chi connectivity index (χ1n) is 5.73. The van der Waals surface area contributed by atoms with Crippen molar-refractivity contribution in [2.75, 3.05) is 11.9 Å².